The molecule has 0 spiro atoms. The Kier molecular flexibility index (Phi) is 11.1. The average molecular weight is 586 g/mol. The molecule has 0 radical (unpaired) electrons. The number of nitrogens with one attached hydrogen (secondary N) is 1. The maximum absolute atomic E-state index is 13.9. The predicted octanol–water partition coefficient (Wildman–Crippen LogP) is 4.37. The van der Waals surface area contributed by atoms with Crippen LogP contribution in [0.5, 0.6) is 11.5 Å². The van der Waals surface area contributed by atoms with Crippen LogP contribution in [0.1, 0.15) is 32.8 Å². The summed E-state index contributed by atoms with van der Waals surface area (Å²) < 4.78 is 52.8. The van der Waals surface area contributed by atoms with Gasteiger partial charge < -0.3 is 19.7 Å². The first kappa shape index (κ1) is 31.4. The maximum atomic E-state index is 13.9. The molecular formula is C30H36FN3O6S. The largest absolute Gasteiger partial charge is 0.497 e. The van der Waals surface area contributed by atoms with Crippen molar-refractivity contribution in [3.63, 3.8) is 0 Å². The van der Waals surface area contributed by atoms with Gasteiger partial charge in [-0.3, -0.25) is 13.9 Å². The van der Waals surface area contributed by atoms with E-state index >= 15 is 0 Å². The van der Waals surface area contributed by atoms with Crippen molar-refractivity contribution in [2.75, 3.05) is 31.1 Å². The molecule has 3 aromatic rings. The Labute approximate surface area is 240 Å². The number of hydrogen-bond donors (Lipinski definition) is 1. The number of methoxy groups -OCH3 is 1. The number of sulfonamides is 1. The summed E-state index contributed by atoms with van der Waals surface area (Å²) >= 11 is 0. The van der Waals surface area contributed by atoms with Crippen molar-refractivity contribution in [1.82, 2.24) is 10.2 Å². The molecule has 3 aromatic carbocycles. The minimum absolute atomic E-state index is 0.0528. The molecule has 0 fully saturated rings. The Morgan fingerprint density at radius 1 is 0.927 bits per heavy atom. The SMILES string of the molecule is CCCNC(=O)[C@H](C)N(Cc1ccc(OC)cc1)C(=O)CN(c1ccc(OCC)cc1)S(=O)(=O)c1ccc(F)cc1. The summed E-state index contributed by atoms with van der Waals surface area (Å²) in [7, 11) is -2.76. The van der Waals surface area contributed by atoms with Crippen molar-refractivity contribution >= 4 is 27.5 Å². The Balaban J connectivity index is 2.01. The third-order valence-corrected chi connectivity index (χ3v) is 8.13. The summed E-state index contributed by atoms with van der Waals surface area (Å²) in [5, 5.41) is 2.80. The number of anilines is 1. The van der Waals surface area contributed by atoms with Gasteiger partial charge in [-0.2, -0.15) is 0 Å². The molecular weight excluding hydrogens is 549 g/mol. The van der Waals surface area contributed by atoms with Crippen LogP contribution in [0.2, 0.25) is 0 Å². The van der Waals surface area contributed by atoms with Crippen LogP contribution in [0.4, 0.5) is 10.1 Å². The number of benzene rings is 3. The van der Waals surface area contributed by atoms with Gasteiger partial charge in [-0.25, -0.2) is 12.8 Å². The third-order valence-electron chi connectivity index (χ3n) is 6.34. The van der Waals surface area contributed by atoms with E-state index in [9.17, 15) is 22.4 Å². The van der Waals surface area contributed by atoms with Crippen LogP contribution in [-0.4, -0.2) is 58.0 Å². The Bertz CT molecular complexity index is 1400. The molecule has 41 heavy (non-hydrogen) atoms. The van der Waals surface area contributed by atoms with Crippen molar-refractivity contribution < 1.29 is 31.9 Å². The Morgan fingerprint density at radius 2 is 1.54 bits per heavy atom. The monoisotopic (exact) mass is 585 g/mol. The maximum Gasteiger partial charge on any atom is 0.264 e. The standard InChI is InChI=1S/C30H36FN3O6S/c1-5-19-32-30(36)22(3)33(20-23-7-13-26(39-4)14-8-23)29(35)21-34(25-11-15-27(16-12-25)40-6-2)41(37,38)28-17-9-24(31)10-18-28/h7-18,22H,5-6,19-21H2,1-4H3,(H,32,36)/t22-/m0/s1. The number of halogens is 1. The predicted molar refractivity (Wildman–Crippen MR) is 155 cm³/mol. The lowest BCUT2D eigenvalue weighted by molar-refractivity contribution is -0.139. The fraction of sp³-hybridized carbons (Fsp3) is 0.333. The van der Waals surface area contributed by atoms with Crippen molar-refractivity contribution in [2.24, 2.45) is 0 Å². The highest BCUT2D eigenvalue weighted by molar-refractivity contribution is 7.92. The smallest absolute Gasteiger partial charge is 0.264 e. The zero-order valence-electron chi connectivity index (χ0n) is 23.7. The van der Waals surface area contributed by atoms with Crippen LogP contribution < -0.4 is 19.1 Å². The highest BCUT2D eigenvalue weighted by Crippen LogP contribution is 2.27. The fourth-order valence-electron chi connectivity index (χ4n) is 4.04. The van der Waals surface area contributed by atoms with Gasteiger partial charge in [0.25, 0.3) is 10.0 Å². The first-order valence-corrected chi connectivity index (χ1v) is 14.8. The summed E-state index contributed by atoms with van der Waals surface area (Å²) in [4.78, 5) is 28.0. The second kappa shape index (κ2) is 14.5. The highest BCUT2D eigenvalue weighted by atomic mass is 32.2. The van der Waals surface area contributed by atoms with E-state index in [1.54, 1.807) is 50.4 Å². The van der Waals surface area contributed by atoms with Gasteiger partial charge >= 0.3 is 0 Å². The quantitative estimate of drug-likeness (QED) is 0.301. The summed E-state index contributed by atoms with van der Waals surface area (Å²) in [5.41, 5.74) is 0.932. The number of carbonyl (C=O) groups excluding carboxylic acids is 2. The minimum atomic E-state index is -4.31. The van der Waals surface area contributed by atoms with Crippen molar-refractivity contribution in [3.8, 4) is 11.5 Å². The van der Waals surface area contributed by atoms with E-state index in [0.717, 1.165) is 34.1 Å². The molecule has 2 amide bonds. The van der Waals surface area contributed by atoms with Crippen LogP contribution in [0.25, 0.3) is 0 Å². The summed E-state index contributed by atoms with van der Waals surface area (Å²) in [6.45, 7) is 5.65. The minimum Gasteiger partial charge on any atom is -0.497 e. The molecule has 9 nitrogen and oxygen atoms in total. The zero-order chi connectivity index (χ0) is 30.0. The van der Waals surface area contributed by atoms with Gasteiger partial charge in [0.1, 0.15) is 29.9 Å². The highest BCUT2D eigenvalue weighted by Gasteiger charge is 2.32. The lowest BCUT2D eigenvalue weighted by atomic mass is 10.1. The summed E-state index contributed by atoms with van der Waals surface area (Å²) in [6.07, 6.45) is 0.715. The van der Waals surface area contributed by atoms with Gasteiger partial charge in [-0.15, -0.1) is 0 Å². The second-order valence-electron chi connectivity index (χ2n) is 9.23. The molecule has 0 bridgehead atoms. The number of amides is 2. The molecule has 0 unspecified atom stereocenters. The van der Waals surface area contributed by atoms with Gasteiger partial charge in [-0.1, -0.05) is 19.1 Å². The Hall–Kier alpha value is -4.12. The molecule has 0 aliphatic heterocycles. The van der Waals surface area contributed by atoms with Gasteiger partial charge in [-0.05, 0) is 86.5 Å². The normalized spacial score (nSPS) is 11.8. The average Bonchev–Trinajstić information content (AvgIpc) is 2.98. The third kappa shape index (κ3) is 8.20. The van der Waals surface area contributed by atoms with Crippen LogP contribution >= 0.6 is 0 Å². The van der Waals surface area contributed by atoms with E-state index in [4.69, 9.17) is 9.47 Å². The molecule has 0 saturated heterocycles. The lowest BCUT2D eigenvalue weighted by Gasteiger charge is -2.32. The van der Waals surface area contributed by atoms with E-state index in [2.05, 4.69) is 5.32 Å². The molecule has 0 aliphatic rings. The molecule has 0 saturated carbocycles. The topological polar surface area (TPSA) is 105 Å². The molecule has 0 aromatic heterocycles. The molecule has 220 valence electrons. The van der Waals surface area contributed by atoms with Crippen LogP contribution in [0.15, 0.2) is 77.7 Å². The first-order valence-electron chi connectivity index (χ1n) is 13.3. The van der Waals surface area contributed by atoms with Crippen molar-refractivity contribution in [1.29, 1.82) is 0 Å². The van der Waals surface area contributed by atoms with Crippen LogP contribution in [0, 0.1) is 5.82 Å². The lowest BCUT2D eigenvalue weighted by Crippen LogP contribution is -2.51. The van der Waals surface area contributed by atoms with Gasteiger partial charge in [0.2, 0.25) is 11.8 Å². The van der Waals surface area contributed by atoms with Gasteiger partial charge in [0.05, 0.1) is 24.3 Å². The van der Waals surface area contributed by atoms with Gasteiger partial charge in [0.15, 0.2) is 0 Å². The molecule has 0 aliphatic carbocycles. The summed E-state index contributed by atoms with van der Waals surface area (Å²) in [5.74, 6) is -0.385. The molecule has 1 N–H and O–H groups in total. The van der Waals surface area contributed by atoms with E-state index < -0.39 is 34.3 Å². The second-order valence-corrected chi connectivity index (χ2v) is 11.1. The number of nitrogens with zero attached hydrogens (tertiary/aromatic N) is 2. The van der Waals surface area contributed by atoms with E-state index in [1.165, 1.54) is 17.0 Å². The van der Waals surface area contributed by atoms with Crippen LogP contribution in [-0.2, 0) is 26.2 Å². The first-order chi connectivity index (χ1) is 19.6. The molecule has 3 rings (SSSR count). The number of rotatable bonds is 14. The van der Waals surface area contributed by atoms with E-state index in [0.29, 0.717) is 31.1 Å². The van der Waals surface area contributed by atoms with Gasteiger partial charge in [0, 0.05) is 13.1 Å². The molecule has 11 heteroatoms. The number of ether oxygens (including phenoxy) is 2. The van der Waals surface area contributed by atoms with E-state index in [-0.39, 0.29) is 23.0 Å². The van der Waals surface area contributed by atoms with Crippen molar-refractivity contribution in [2.45, 2.75) is 44.7 Å². The number of carbonyl (C=O) groups is 2. The number of hydrogen-bond acceptors (Lipinski definition) is 6. The van der Waals surface area contributed by atoms with E-state index in [1.807, 2.05) is 13.8 Å². The molecule has 1 atom stereocenters. The fourth-order valence-corrected chi connectivity index (χ4v) is 5.46. The van der Waals surface area contributed by atoms with Crippen LogP contribution in [0.3, 0.4) is 0 Å². The Morgan fingerprint density at radius 3 is 2.10 bits per heavy atom. The summed E-state index contributed by atoms with van der Waals surface area (Å²) in [6, 6.07) is 16.8. The zero-order valence-corrected chi connectivity index (χ0v) is 24.5. The molecule has 0 heterocycles. The van der Waals surface area contributed by atoms with Crippen molar-refractivity contribution in [3.05, 3.63) is 84.2 Å².